The van der Waals surface area contributed by atoms with Gasteiger partial charge in [0.15, 0.2) is 8.32 Å². The van der Waals surface area contributed by atoms with E-state index in [0.717, 1.165) is 74.9 Å². The zero-order chi connectivity index (χ0) is 35.3. The van der Waals surface area contributed by atoms with E-state index in [2.05, 4.69) is 92.2 Å². The quantitative estimate of drug-likeness (QED) is 0.0437. The van der Waals surface area contributed by atoms with E-state index >= 15 is 0 Å². The maximum absolute atomic E-state index is 13.7. The van der Waals surface area contributed by atoms with Crippen LogP contribution in [-0.2, 0) is 31.7 Å². The first kappa shape index (κ1) is 41.4. The van der Waals surface area contributed by atoms with E-state index < -0.39 is 13.9 Å². The fourth-order valence-electron chi connectivity index (χ4n) is 7.47. The van der Waals surface area contributed by atoms with Crippen LogP contribution in [0.15, 0.2) is 36.4 Å². The second-order valence-electron chi connectivity index (χ2n) is 16.3. The summed E-state index contributed by atoms with van der Waals surface area (Å²) in [5.41, 5.74) is 2.81. The molecule has 4 atom stereocenters. The first-order valence-electron chi connectivity index (χ1n) is 18.6. The Morgan fingerprint density at radius 2 is 1.64 bits per heavy atom. The molecule has 0 saturated heterocycles. The van der Waals surface area contributed by atoms with Gasteiger partial charge in [0.05, 0.1) is 40.0 Å². The van der Waals surface area contributed by atoms with E-state index in [4.69, 9.17) is 9.16 Å². The van der Waals surface area contributed by atoms with Gasteiger partial charge in [0.1, 0.15) is 12.3 Å². The predicted octanol–water partition coefficient (Wildman–Crippen LogP) is 9.19. The normalized spacial score (nSPS) is 20.4. The van der Waals surface area contributed by atoms with Gasteiger partial charge in [-0.3, -0.25) is 9.59 Å². The number of quaternary nitrogens is 1. The molecule has 0 aromatic heterocycles. The molecule has 1 aliphatic carbocycles. The Morgan fingerprint density at radius 1 is 1.02 bits per heavy atom. The standard InChI is InChI=1S/C40H70NO5Si/c1-11-12-26-40(6,44)27-17-19-36-35(18-15-13-14-16-20-39(43)45-10)37(42)29-38(36)46-47(31(2)3,32(4)5)28-25-33-21-23-34(24-22-33)30-41(7,8)9/h17,19,21-24,31-32,35-36,38,44H,11-16,18,20,25-30H2,1-10H3/q+1/b19-17+/t35-,36-,38-,40+/m1/s1. The van der Waals surface area contributed by atoms with Crippen molar-refractivity contribution in [1.82, 2.24) is 0 Å². The number of ether oxygens (including phenoxy) is 1. The largest absolute Gasteiger partial charge is 0.469 e. The minimum atomic E-state index is -2.29. The predicted molar refractivity (Wildman–Crippen MR) is 198 cm³/mol. The first-order valence-corrected chi connectivity index (χ1v) is 20.8. The second kappa shape index (κ2) is 19.4. The van der Waals surface area contributed by atoms with Crippen LogP contribution in [0.2, 0.25) is 17.1 Å². The number of carbonyl (C=O) groups is 2. The highest BCUT2D eigenvalue weighted by Gasteiger charge is 2.49. The van der Waals surface area contributed by atoms with Crippen molar-refractivity contribution in [2.24, 2.45) is 11.8 Å². The smallest absolute Gasteiger partial charge is 0.305 e. The number of aryl methyl sites for hydroxylation is 1. The average molecular weight is 673 g/mol. The number of rotatable bonds is 22. The molecule has 0 unspecified atom stereocenters. The van der Waals surface area contributed by atoms with Crippen LogP contribution in [0.3, 0.4) is 0 Å². The zero-order valence-electron chi connectivity index (χ0n) is 31.8. The molecule has 268 valence electrons. The van der Waals surface area contributed by atoms with Crippen LogP contribution in [0, 0.1) is 11.8 Å². The highest BCUT2D eigenvalue weighted by molar-refractivity contribution is 6.76. The number of aliphatic hydroxyl groups is 1. The summed E-state index contributed by atoms with van der Waals surface area (Å²) in [5, 5.41) is 11.0. The highest BCUT2D eigenvalue weighted by atomic mass is 28.4. The van der Waals surface area contributed by atoms with Gasteiger partial charge >= 0.3 is 5.97 Å². The lowest BCUT2D eigenvalue weighted by atomic mass is 9.87. The van der Waals surface area contributed by atoms with Crippen molar-refractivity contribution < 1.29 is 28.3 Å². The van der Waals surface area contributed by atoms with Gasteiger partial charge in [-0.25, -0.2) is 0 Å². The van der Waals surface area contributed by atoms with Crippen LogP contribution in [0.5, 0.6) is 0 Å². The van der Waals surface area contributed by atoms with Crippen molar-refractivity contribution in [1.29, 1.82) is 0 Å². The van der Waals surface area contributed by atoms with Crippen molar-refractivity contribution in [3.8, 4) is 0 Å². The summed E-state index contributed by atoms with van der Waals surface area (Å²) in [7, 11) is 5.81. The number of hydrogen-bond acceptors (Lipinski definition) is 5. The van der Waals surface area contributed by atoms with Gasteiger partial charge in [-0.2, -0.15) is 0 Å². The van der Waals surface area contributed by atoms with Crippen LogP contribution in [0.25, 0.3) is 0 Å². The van der Waals surface area contributed by atoms with Gasteiger partial charge in [-0.15, -0.1) is 0 Å². The molecule has 0 aliphatic heterocycles. The second-order valence-corrected chi connectivity index (χ2v) is 21.3. The SMILES string of the molecule is CCCC[C@](C)(O)C/C=C/[C@H]1[C@H](O[Si](CCc2ccc(C[N+](C)(C)C)cc2)(C(C)C)C(C)C)CC(=O)[C@@H]1CCCCCCC(=O)OC. The molecule has 1 fully saturated rings. The van der Waals surface area contributed by atoms with Gasteiger partial charge in [-0.05, 0) is 61.7 Å². The third-order valence-electron chi connectivity index (χ3n) is 10.4. The Labute approximate surface area is 289 Å². The number of unbranched alkanes of at least 4 members (excludes halogenated alkanes) is 4. The van der Waals surface area contributed by atoms with Gasteiger partial charge in [0, 0.05) is 30.2 Å². The molecular formula is C40H70NO5Si+. The summed E-state index contributed by atoms with van der Waals surface area (Å²) in [6, 6.07) is 10.2. The van der Waals surface area contributed by atoms with Crippen LogP contribution in [0.4, 0.5) is 0 Å². The molecule has 1 aromatic rings. The molecule has 1 saturated carbocycles. The summed E-state index contributed by atoms with van der Waals surface area (Å²) >= 11 is 0. The lowest BCUT2D eigenvalue weighted by Gasteiger charge is -2.42. The minimum Gasteiger partial charge on any atom is -0.469 e. The molecule has 2 rings (SSSR count). The Hall–Kier alpha value is -1.80. The van der Waals surface area contributed by atoms with E-state index in [9.17, 15) is 14.7 Å². The first-order chi connectivity index (χ1) is 22.0. The molecule has 47 heavy (non-hydrogen) atoms. The zero-order valence-corrected chi connectivity index (χ0v) is 32.8. The van der Waals surface area contributed by atoms with E-state index in [1.54, 1.807) is 0 Å². The minimum absolute atomic E-state index is 0.0266. The third kappa shape index (κ3) is 13.9. The molecule has 0 heterocycles. The number of methoxy groups -OCH3 is 1. The van der Waals surface area contributed by atoms with E-state index in [-0.39, 0.29) is 23.9 Å². The van der Waals surface area contributed by atoms with Gasteiger partial charge in [0.25, 0.3) is 0 Å². The molecule has 0 amide bonds. The van der Waals surface area contributed by atoms with E-state index in [1.165, 1.54) is 18.2 Å². The fourth-order valence-corrected chi connectivity index (χ4v) is 12.1. The summed E-state index contributed by atoms with van der Waals surface area (Å²) in [6.07, 6.45) is 14.2. The van der Waals surface area contributed by atoms with E-state index in [1.807, 2.05) is 6.92 Å². The Morgan fingerprint density at radius 3 is 2.21 bits per heavy atom. The van der Waals surface area contributed by atoms with Crippen LogP contribution in [0.1, 0.15) is 123 Å². The maximum Gasteiger partial charge on any atom is 0.305 e. The Bertz CT molecular complexity index is 1100. The molecule has 1 aromatic carbocycles. The van der Waals surface area contributed by atoms with E-state index in [0.29, 0.717) is 36.1 Å². The van der Waals surface area contributed by atoms with Gasteiger partial charge in [0.2, 0.25) is 0 Å². The Balaban J connectivity index is 2.25. The molecular weight excluding hydrogens is 603 g/mol. The van der Waals surface area contributed by atoms with Crippen LogP contribution >= 0.6 is 0 Å². The summed E-state index contributed by atoms with van der Waals surface area (Å²) in [4.78, 5) is 25.2. The van der Waals surface area contributed by atoms with Crippen molar-refractivity contribution >= 4 is 20.1 Å². The monoisotopic (exact) mass is 673 g/mol. The number of benzene rings is 1. The number of hydrogen-bond donors (Lipinski definition) is 1. The maximum atomic E-state index is 13.7. The Kier molecular flexibility index (Phi) is 17.1. The lowest BCUT2D eigenvalue weighted by Crippen LogP contribution is -2.48. The lowest BCUT2D eigenvalue weighted by molar-refractivity contribution is -0.884. The summed E-state index contributed by atoms with van der Waals surface area (Å²) < 4.78 is 13.1. The molecule has 0 radical (unpaired) electrons. The third-order valence-corrected chi connectivity index (χ3v) is 16.1. The number of nitrogens with zero attached hydrogens (tertiary/aromatic N) is 1. The fraction of sp³-hybridized carbons (Fsp3) is 0.750. The van der Waals surface area contributed by atoms with Crippen molar-refractivity contribution in [3.05, 3.63) is 47.5 Å². The number of carbonyl (C=O) groups excluding carboxylic acids is 2. The van der Waals surface area contributed by atoms with Crippen molar-refractivity contribution in [2.75, 3.05) is 28.3 Å². The number of esters is 1. The van der Waals surface area contributed by atoms with Crippen LogP contribution < -0.4 is 0 Å². The van der Waals surface area contributed by atoms with Gasteiger partial charge < -0.3 is 18.8 Å². The van der Waals surface area contributed by atoms with Crippen LogP contribution in [-0.4, -0.2) is 69.6 Å². The number of ketones is 1. The summed E-state index contributed by atoms with van der Waals surface area (Å²) in [5.74, 6) is 0.131. The topological polar surface area (TPSA) is 72.8 Å². The summed E-state index contributed by atoms with van der Waals surface area (Å²) in [6.45, 7) is 14.4. The highest BCUT2D eigenvalue weighted by Crippen LogP contribution is 2.44. The van der Waals surface area contributed by atoms with Gasteiger partial charge in [-0.1, -0.05) is 103 Å². The molecule has 6 nitrogen and oxygen atoms in total. The van der Waals surface area contributed by atoms with Crippen molar-refractivity contribution in [2.45, 2.75) is 154 Å². The molecule has 7 heteroatoms. The molecule has 0 spiro atoms. The molecule has 1 N–H and O–H groups in total. The number of Topliss-reactive ketones (excluding diaryl/α,β-unsaturated/α-hetero) is 1. The van der Waals surface area contributed by atoms with Crippen molar-refractivity contribution in [3.63, 3.8) is 0 Å². The average Bonchev–Trinajstić information content (AvgIpc) is 3.28. The molecule has 0 bridgehead atoms. The molecule has 1 aliphatic rings.